The highest BCUT2D eigenvalue weighted by molar-refractivity contribution is 5.76. The zero-order valence-electron chi connectivity index (χ0n) is 13.6. The van der Waals surface area contributed by atoms with Gasteiger partial charge in [-0.05, 0) is 55.9 Å². The first-order chi connectivity index (χ1) is 11.2. The van der Waals surface area contributed by atoms with Crippen LogP contribution in [0.5, 0.6) is 0 Å². The Morgan fingerprint density at radius 3 is 3.00 bits per heavy atom. The molecular formula is C19H24N2O2. The van der Waals surface area contributed by atoms with Gasteiger partial charge in [0.15, 0.2) is 0 Å². The SMILES string of the molecule is C[C@@H]1CCN(C(=O)CCCc2ccccn2)[C@@H](c2ccco2)C1. The van der Waals surface area contributed by atoms with Crippen molar-refractivity contribution in [3.63, 3.8) is 0 Å². The molecule has 3 rings (SSSR count). The van der Waals surface area contributed by atoms with Crippen LogP contribution in [-0.2, 0) is 11.2 Å². The van der Waals surface area contributed by atoms with E-state index in [1.807, 2.05) is 35.2 Å². The lowest BCUT2D eigenvalue weighted by Crippen LogP contribution is -2.40. The summed E-state index contributed by atoms with van der Waals surface area (Å²) in [7, 11) is 0. The minimum Gasteiger partial charge on any atom is -0.467 e. The van der Waals surface area contributed by atoms with Gasteiger partial charge in [0, 0.05) is 24.9 Å². The Morgan fingerprint density at radius 2 is 2.26 bits per heavy atom. The molecule has 1 amide bonds. The van der Waals surface area contributed by atoms with E-state index in [0.29, 0.717) is 12.3 Å². The summed E-state index contributed by atoms with van der Waals surface area (Å²) in [4.78, 5) is 19.0. The largest absolute Gasteiger partial charge is 0.467 e. The van der Waals surface area contributed by atoms with Crippen molar-refractivity contribution in [2.24, 2.45) is 5.92 Å². The molecule has 0 saturated carbocycles. The predicted molar refractivity (Wildman–Crippen MR) is 88.7 cm³/mol. The quantitative estimate of drug-likeness (QED) is 0.838. The number of hydrogen-bond donors (Lipinski definition) is 0. The molecule has 0 unspecified atom stereocenters. The Bertz CT molecular complexity index is 610. The monoisotopic (exact) mass is 312 g/mol. The van der Waals surface area contributed by atoms with Gasteiger partial charge in [0.25, 0.3) is 0 Å². The van der Waals surface area contributed by atoms with Crippen molar-refractivity contribution in [1.82, 2.24) is 9.88 Å². The number of likely N-dealkylation sites (tertiary alicyclic amines) is 1. The Balaban J connectivity index is 1.58. The molecule has 23 heavy (non-hydrogen) atoms. The van der Waals surface area contributed by atoms with Gasteiger partial charge in [0.1, 0.15) is 5.76 Å². The molecule has 1 fully saturated rings. The summed E-state index contributed by atoms with van der Waals surface area (Å²) in [6.45, 7) is 3.08. The molecule has 3 heterocycles. The third kappa shape index (κ3) is 4.01. The second-order valence-corrected chi connectivity index (χ2v) is 6.42. The Hall–Kier alpha value is -2.10. The van der Waals surface area contributed by atoms with Gasteiger partial charge in [0.2, 0.25) is 5.91 Å². The summed E-state index contributed by atoms with van der Waals surface area (Å²) < 4.78 is 5.57. The maximum atomic E-state index is 12.7. The van der Waals surface area contributed by atoms with Crippen LogP contribution in [0.2, 0.25) is 0 Å². The zero-order chi connectivity index (χ0) is 16.1. The van der Waals surface area contributed by atoms with Crippen molar-refractivity contribution in [3.05, 3.63) is 54.2 Å². The Labute approximate surface area is 137 Å². The number of pyridine rings is 1. The van der Waals surface area contributed by atoms with Crippen LogP contribution in [0.1, 0.15) is 50.1 Å². The van der Waals surface area contributed by atoms with E-state index in [1.54, 1.807) is 12.5 Å². The maximum absolute atomic E-state index is 12.7. The van der Waals surface area contributed by atoms with E-state index in [2.05, 4.69) is 11.9 Å². The summed E-state index contributed by atoms with van der Waals surface area (Å²) in [5, 5.41) is 0. The first-order valence-corrected chi connectivity index (χ1v) is 8.47. The molecule has 2 aromatic rings. The second-order valence-electron chi connectivity index (χ2n) is 6.42. The van der Waals surface area contributed by atoms with E-state index in [0.717, 1.165) is 43.7 Å². The van der Waals surface area contributed by atoms with E-state index < -0.39 is 0 Å². The number of hydrogen-bond acceptors (Lipinski definition) is 3. The fourth-order valence-electron chi connectivity index (χ4n) is 3.30. The molecule has 0 spiro atoms. The molecule has 122 valence electrons. The molecule has 2 atom stereocenters. The summed E-state index contributed by atoms with van der Waals surface area (Å²) in [6, 6.07) is 9.89. The lowest BCUT2D eigenvalue weighted by molar-refractivity contribution is -0.136. The van der Waals surface area contributed by atoms with Gasteiger partial charge in [-0.1, -0.05) is 13.0 Å². The van der Waals surface area contributed by atoms with Crippen molar-refractivity contribution < 1.29 is 9.21 Å². The van der Waals surface area contributed by atoms with Crippen molar-refractivity contribution in [2.45, 2.75) is 45.1 Å². The van der Waals surface area contributed by atoms with Gasteiger partial charge in [-0.15, -0.1) is 0 Å². The molecule has 4 heteroatoms. The fraction of sp³-hybridized carbons (Fsp3) is 0.474. The Kier molecular flexibility index (Phi) is 5.11. The van der Waals surface area contributed by atoms with Crippen LogP contribution in [0.4, 0.5) is 0 Å². The molecule has 1 saturated heterocycles. The lowest BCUT2D eigenvalue weighted by atomic mass is 9.90. The fourth-order valence-corrected chi connectivity index (χ4v) is 3.30. The molecule has 1 aliphatic heterocycles. The minimum atomic E-state index is 0.0936. The average Bonchev–Trinajstić information content (AvgIpc) is 3.10. The average molecular weight is 312 g/mol. The van der Waals surface area contributed by atoms with Crippen LogP contribution < -0.4 is 0 Å². The highest BCUT2D eigenvalue weighted by atomic mass is 16.3. The van der Waals surface area contributed by atoms with Gasteiger partial charge in [-0.3, -0.25) is 9.78 Å². The van der Waals surface area contributed by atoms with Gasteiger partial charge >= 0.3 is 0 Å². The van der Waals surface area contributed by atoms with Crippen molar-refractivity contribution >= 4 is 5.91 Å². The minimum absolute atomic E-state index is 0.0936. The van der Waals surface area contributed by atoms with E-state index >= 15 is 0 Å². The van der Waals surface area contributed by atoms with Crippen molar-refractivity contribution in [2.75, 3.05) is 6.54 Å². The summed E-state index contributed by atoms with van der Waals surface area (Å²) in [6.07, 6.45) is 7.81. The van der Waals surface area contributed by atoms with E-state index in [9.17, 15) is 4.79 Å². The molecule has 0 radical (unpaired) electrons. The lowest BCUT2D eigenvalue weighted by Gasteiger charge is -2.37. The van der Waals surface area contributed by atoms with E-state index in [1.165, 1.54) is 0 Å². The maximum Gasteiger partial charge on any atom is 0.223 e. The number of piperidine rings is 1. The number of furan rings is 1. The number of carbonyl (C=O) groups excluding carboxylic acids is 1. The second kappa shape index (κ2) is 7.44. The van der Waals surface area contributed by atoms with Crippen LogP contribution in [-0.4, -0.2) is 22.3 Å². The summed E-state index contributed by atoms with van der Waals surface area (Å²) in [5.74, 6) is 1.77. The van der Waals surface area contributed by atoms with E-state index in [4.69, 9.17) is 4.42 Å². The smallest absolute Gasteiger partial charge is 0.223 e. The molecular weight excluding hydrogens is 288 g/mol. The number of aromatic nitrogens is 1. The zero-order valence-corrected chi connectivity index (χ0v) is 13.6. The Morgan fingerprint density at radius 1 is 1.35 bits per heavy atom. The topological polar surface area (TPSA) is 46.3 Å². The number of aryl methyl sites for hydroxylation is 1. The molecule has 0 N–H and O–H groups in total. The summed E-state index contributed by atoms with van der Waals surface area (Å²) in [5.41, 5.74) is 1.05. The number of amides is 1. The molecule has 0 aromatic carbocycles. The molecule has 4 nitrogen and oxygen atoms in total. The first-order valence-electron chi connectivity index (χ1n) is 8.47. The number of nitrogens with zero attached hydrogens (tertiary/aromatic N) is 2. The highest BCUT2D eigenvalue weighted by Gasteiger charge is 2.32. The van der Waals surface area contributed by atoms with Crippen molar-refractivity contribution in [1.29, 1.82) is 0 Å². The van der Waals surface area contributed by atoms with Crippen molar-refractivity contribution in [3.8, 4) is 0 Å². The van der Waals surface area contributed by atoms with Crippen LogP contribution in [0.25, 0.3) is 0 Å². The molecule has 0 bridgehead atoms. The van der Waals surface area contributed by atoms with E-state index in [-0.39, 0.29) is 11.9 Å². The molecule has 2 aromatic heterocycles. The third-order valence-electron chi connectivity index (χ3n) is 4.61. The predicted octanol–water partition coefficient (Wildman–Crippen LogP) is 4.00. The van der Waals surface area contributed by atoms with Crippen LogP contribution in [0.3, 0.4) is 0 Å². The summed E-state index contributed by atoms with van der Waals surface area (Å²) >= 11 is 0. The van der Waals surface area contributed by atoms with Crippen LogP contribution >= 0.6 is 0 Å². The third-order valence-corrected chi connectivity index (χ3v) is 4.61. The van der Waals surface area contributed by atoms with Gasteiger partial charge in [-0.2, -0.15) is 0 Å². The standard InChI is InChI=1S/C19H24N2O2/c1-15-10-12-21(17(14-15)18-8-5-13-23-18)19(22)9-4-7-16-6-2-3-11-20-16/h2-3,5-6,8,11,13,15,17H,4,7,9-10,12,14H2,1H3/t15-,17-/m1/s1. The normalized spacial score (nSPS) is 21.3. The molecule has 1 aliphatic rings. The van der Waals surface area contributed by atoms with Gasteiger partial charge in [0.05, 0.1) is 12.3 Å². The molecule has 0 aliphatic carbocycles. The number of carbonyl (C=O) groups is 1. The van der Waals surface area contributed by atoms with Crippen LogP contribution in [0, 0.1) is 5.92 Å². The first kappa shape index (κ1) is 15.8. The highest BCUT2D eigenvalue weighted by Crippen LogP contribution is 2.34. The number of rotatable bonds is 5. The van der Waals surface area contributed by atoms with Gasteiger partial charge in [-0.25, -0.2) is 0 Å². The van der Waals surface area contributed by atoms with Crippen LogP contribution in [0.15, 0.2) is 47.2 Å². The van der Waals surface area contributed by atoms with Gasteiger partial charge < -0.3 is 9.32 Å².